The predicted molar refractivity (Wildman–Crippen MR) is 60.2 cm³/mol. The first kappa shape index (κ1) is 12.0. The van der Waals surface area contributed by atoms with Crippen molar-refractivity contribution in [1.29, 1.82) is 0 Å². The van der Waals surface area contributed by atoms with Crippen LogP contribution >= 0.6 is 0 Å². The maximum Gasteiger partial charge on any atom is 0.0738 e. The van der Waals surface area contributed by atoms with Gasteiger partial charge in [-0.25, -0.2) is 0 Å². The zero-order valence-corrected chi connectivity index (χ0v) is 10.3. The Bertz CT molecular complexity index is 198. The highest BCUT2D eigenvalue weighted by Crippen LogP contribution is 2.39. The summed E-state index contributed by atoms with van der Waals surface area (Å²) in [4.78, 5) is 0. The van der Waals surface area contributed by atoms with Crippen molar-refractivity contribution in [3.8, 4) is 0 Å². The third-order valence-electron chi connectivity index (χ3n) is 3.70. The zero-order valence-electron chi connectivity index (χ0n) is 10.3. The van der Waals surface area contributed by atoms with Gasteiger partial charge < -0.3 is 10.5 Å². The molecule has 0 spiro atoms. The average molecular weight is 199 g/mol. The van der Waals surface area contributed by atoms with Crippen LogP contribution in [0.25, 0.3) is 0 Å². The molecule has 0 bridgehead atoms. The lowest BCUT2D eigenvalue weighted by atomic mass is 9.87. The van der Waals surface area contributed by atoms with Crippen LogP contribution < -0.4 is 5.73 Å². The van der Waals surface area contributed by atoms with Gasteiger partial charge in [0.2, 0.25) is 0 Å². The molecule has 0 aromatic carbocycles. The van der Waals surface area contributed by atoms with Gasteiger partial charge in [-0.05, 0) is 38.5 Å². The van der Waals surface area contributed by atoms with Crippen molar-refractivity contribution < 1.29 is 4.74 Å². The Hall–Kier alpha value is -0.0800. The van der Waals surface area contributed by atoms with E-state index in [0.717, 1.165) is 12.8 Å². The van der Waals surface area contributed by atoms with Crippen molar-refractivity contribution >= 4 is 0 Å². The molecule has 0 amide bonds. The van der Waals surface area contributed by atoms with E-state index in [9.17, 15) is 0 Å². The van der Waals surface area contributed by atoms with E-state index in [1.54, 1.807) is 0 Å². The van der Waals surface area contributed by atoms with Gasteiger partial charge in [-0.1, -0.05) is 20.8 Å². The van der Waals surface area contributed by atoms with E-state index >= 15 is 0 Å². The molecule has 0 aromatic rings. The lowest BCUT2D eigenvalue weighted by Gasteiger charge is -2.33. The SMILES string of the molecule is CCC(C)(C)OC1CCC(C)(C)C1N. The summed E-state index contributed by atoms with van der Waals surface area (Å²) in [7, 11) is 0. The van der Waals surface area contributed by atoms with Crippen LogP contribution in [0, 0.1) is 5.41 Å². The Morgan fingerprint density at radius 3 is 2.36 bits per heavy atom. The molecule has 1 rings (SSSR count). The number of ether oxygens (including phenoxy) is 1. The molecular formula is C12H25NO. The number of rotatable bonds is 3. The van der Waals surface area contributed by atoms with Crippen LogP contribution in [-0.2, 0) is 4.74 Å². The Balaban J connectivity index is 2.57. The van der Waals surface area contributed by atoms with E-state index in [4.69, 9.17) is 10.5 Å². The Morgan fingerprint density at radius 1 is 1.43 bits per heavy atom. The predicted octanol–water partition coefficient (Wildman–Crippen LogP) is 2.71. The molecule has 1 aliphatic carbocycles. The topological polar surface area (TPSA) is 35.2 Å². The number of hydrogen-bond donors (Lipinski definition) is 1. The highest BCUT2D eigenvalue weighted by molar-refractivity contribution is 4.96. The van der Waals surface area contributed by atoms with Crippen LogP contribution in [0.3, 0.4) is 0 Å². The van der Waals surface area contributed by atoms with E-state index in [0.29, 0.717) is 0 Å². The van der Waals surface area contributed by atoms with Crippen LogP contribution in [0.1, 0.15) is 53.9 Å². The number of hydrogen-bond acceptors (Lipinski definition) is 2. The molecule has 84 valence electrons. The van der Waals surface area contributed by atoms with Gasteiger partial charge in [-0.3, -0.25) is 0 Å². The highest BCUT2D eigenvalue weighted by Gasteiger charge is 2.41. The van der Waals surface area contributed by atoms with Gasteiger partial charge in [0.05, 0.1) is 11.7 Å². The smallest absolute Gasteiger partial charge is 0.0738 e. The quantitative estimate of drug-likeness (QED) is 0.758. The van der Waals surface area contributed by atoms with Crippen molar-refractivity contribution in [3.63, 3.8) is 0 Å². The first-order chi connectivity index (χ1) is 6.28. The van der Waals surface area contributed by atoms with Crippen LogP contribution in [0.15, 0.2) is 0 Å². The summed E-state index contributed by atoms with van der Waals surface area (Å²) in [6.45, 7) is 10.9. The van der Waals surface area contributed by atoms with Gasteiger partial charge in [0.25, 0.3) is 0 Å². The Kier molecular flexibility index (Phi) is 3.27. The van der Waals surface area contributed by atoms with E-state index in [2.05, 4.69) is 34.6 Å². The summed E-state index contributed by atoms with van der Waals surface area (Å²) < 4.78 is 6.07. The van der Waals surface area contributed by atoms with Crippen molar-refractivity contribution in [2.45, 2.75) is 71.6 Å². The summed E-state index contributed by atoms with van der Waals surface area (Å²) in [5, 5.41) is 0. The molecule has 0 aromatic heterocycles. The molecule has 2 nitrogen and oxygen atoms in total. The third-order valence-corrected chi connectivity index (χ3v) is 3.70. The van der Waals surface area contributed by atoms with E-state index in [-0.39, 0.29) is 23.2 Å². The fraction of sp³-hybridized carbons (Fsp3) is 1.00. The van der Waals surface area contributed by atoms with Gasteiger partial charge in [0.15, 0.2) is 0 Å². The Labute approximate surface area is 88.2 Å². The lowest BCUT2D eigenvalue weighted by molar-refractivity contribution is -0.0800. The maximum absolute atomic E-state index is 6.19. The zero-order chi connectivity index (χ0) is 11.0. The van der Waals surface area contributed by atoms with Gasteiger partial charge in [-0.2, -0.15) is 0 Å². The van der Waals surface area contributed by atoms with Gasteiger partial charge in [0, 0.05) is 6.04 Å². The minimum absolute atomic E-state index is 0.0251. The first-order valence-electron chi connectivity index (χ1n) is 5.72. The van der Waals surface area contributed by atoms with E-state index in [1.807, 2.05) is 0 Å². The monoisotopic (exact) mass is 199 g/mol. The second-order valence-corrected chi connectivity index (χ2v) is 5.82. The molecular weight excluding hydrogens is 174 g/mol. The number of nitrogens with two attached hydrogens (primary N) is 1. The van der Waals surface area contributed by atoms with Gasteiger partial charge in [0.1, 0.15) is 0 Å². The average Bonchev–Trinajstić information content (AvgIpc) is 2.32. The molecule has 14 heavy (non-hydrogen) atoms. The lowest BCUT2D eigenvalue weighted by Crippen LogP contribution is -2.44. The minimum atomic E-state index is -0.0251. The maximum atomic E-state index is 6.19. The summed E-state index contributed by atoms with van der Waals surface area (Å²) in [5.74, 6) is 0. The molecule has 0 radical (unpaired) electrons. The van der Waals surface area contributed by atoms with Crippen molar-refractivity contribution in [3.05, 3.63) is 0 Å². The molecule has 1 aliphatic rings. The molecule has 0 aliphatic heterocycles. The van der Waals surface area contributed by atoms with Gasteiger partial charge >= 0.3 is 0 Å². The minimum Gasteiger partial charge on any atom is -0.371 e. The molecule has 0 heterocycles. The standard InChI is InChI=1S/C12H25NO/c1-6-12(4,5)14-9-7-8-11(2,3)10(9)13/h9-10H,6-8,13H2,1-5H3. The molecule has 2 N–H and O–H groups in total. The van der Waals surface area contributed by atoms with E-state index < -0.39 is 0 Å². The molecule has 1 saturated carbocycles. The summed E-state index contributed by atoms with van der Waals surface area (Å²) in [6, 6.07) is 0.188. The van der Waals surface area contributed by atoms with Crippen molar-refractivity contribution in [2.24, 2.45) is 11.1 Å². The van der Waals surface area contributed by atoms with Crippen LogP contribution in [0.5, 0.6) is 0 Å². The van der Waals surface area contributed by atoms with Crippen molar-refractivity contribution in [2.75, 3.05) is 0 Å². The second-order valence-electron chi connectivity index (χ2n) is 5.82. The Morgan fingerprint density at radius 2 is 2.00 bits per heavy atom. The third kappa shape index (κ3) is 2.48. The summed E-state index contributed by atoms with van der Waals surface area (Å²) in [5.41, 5.74) is 6.41. The molecule has 0 saturated heterocycles. The fourth-order valence-corrected chi connectivity index (χ4v) is 1.99. The van der Waals surface area contributed by atoms with Crippen LogP contribution in [0.2, 0.25) is 0 Å². The normalized spacial score (nSPS) is 32.1. The molecule has 2 heteroatoms. The summed E-state index contributed by atoms with van der Waals surface area (Å²) >= 11 is 0. The van der Waals surface area contributed by atoms with Gasteiger partial charge in [-0.15, -0.1) is 0 Å². The second kappa shape index (κ2) is 3.82. The molecule has 2 unspecified atom stereocenters. The highest BCUT2D eigenvalue weighted by atomic mass is 16.5. The van der Waals surface area contributed by atoms with Crippen LogP contribution in [-0.4, -0.2) is 17.7 Å². The van der Waals surface area contributed by atoms with Crippen molar-refractivity contribution in [1.82, 2.24) is 0 Å². The first-order valence-corrected chi connectivity index (χ1v) is 5.72. The molecule has 1 fully saturated rings. The summed E-state index contributed by atoms with van der Waals surface area (Å²) in [6.07, 6.45) is 3.58. The van der Waals surface area contributed by atoms with E-state index in [1.165, 1.54) is 6.42 Å². The van der Waals surface area contributed by atoms with Crippen LogP contribution in [0.4, 0.5) is 0 Å². The fourth-order valence-electron chi connectivity index (χ4n) is 1.99. The molecule has 2 atom stereocenters. The largest absolute Gasteiger partial charge is 0.371 e.